The number of benzene rings is 3. The standard InChI is InChI=1S/C28H23Cl2N3O5/c1-16-4-9-24(17(2)10-16)33-25(34)15-38-26-22(29)12-18(13-23(26)30)11-20(14-31)27(35)32-21-7-5-19(6-8-21)28(36)37-3/h4-13H,15H2,1-3H3,(H,32,35)(H,33,34)/b20-11-. The average Bonchev–Trinajstić information content (AvgIpc) is 2.88. The molecule has 0 aliphatic rings. The Kier molecular flexibility index (Phi) is 9.49. The molecule has 10 heteroatoms. The maximum absolute atomic E-state index is 12.6. The highest BCUT2D eigenvalue weighted by Gasteiger charge is 2.15. The second kappa shape index (κ2) is 12.8. The van der Waals surface area contributed by atoms with Gasteiger partial charge in [0.2, 0.25) is 0 Å². The van der Waals surface area contributed by atoms with Gasteiger partial charge in [-0.2, -0.15) is 5.26 Å². The summed E-state index contributed by atoms with van der Waals surface area (Å²) in [6.07, 6.45) is 1.31. The van der Waals surface area contributed by atoms with E-state index in [0.717, 1.165) is 11.1 Å². The second-order valence-electron chi connectivity index (χ2n) is 8.16. The molecule has 3 aromatic carbocycles. The minimum Gasteiger partial charge on any atom is -0.481 e. The molecule has 0 aromatic heterocycles. The number of nitrogens with zero attached hydrogens (tertiary/aromatic N) is 1. The Balaban J connectivity index is 1.68. The van der Waals surface area contributed by atoms with Gasteiger partial charge < -0.3 is 20.1 Å². The summed E-state index contributed by atoms with van der Waals surface area (Å²) in [5, 5.41) is 15.0. The van der Waals surface area contributed by atoms with E-state index in [2.05, 4.69) is 15.4 Å². The molecular weight excluding hydrogens is 529 g/mol. The number of methoxy groups -OCH3 is 1. The molecule has 0 bridgehead atoms. The van der Waals surface area contributed by atoms with Crippen molar-refractivity contribution >= 4 is 58.4 Å². The SMILES string of the molecule is COC(=O)c1ccc(NC(=O)/C(C#N)=C\c2cc(Cl)c(OCC(=O)Nc3ccc(C)cc3C)c(Cl)c2)cc1. The number of rotatable bonds is 8. The van der Waals surface area contributed by atoms with Crippen molar-refractivity contribution in [3.8, 4) is 11.8 Å². The molecule has 0 radical (unpaired) electrons. The van der Waals surface area contributed by atoms with Gasteiger partial charge in [0.15, 0.2) is 12.4 Å². The monoisotopic (exact) mass is 551 g/mol. The van der Waals surface area contributed by atoms with Crippen LogP contribution in [-0.4, -0.2) is 31.5 Å². The van der Waals surface area contributed by atoms with Crippen molar-refractivity contribution < 1.29 is 23.9 Å². The third-order valence-electron chi connectivity index (χ3n) is 5.26. The van der Waals surface area contributed by atoms with Crippen LogP contribution in [0.1, 0.15) is 27.0 Å². The lowest BCUT2D eigenvalue weighted by molar-refractivity contribution is -0.118. The van der Waals surface area contributed by atoms with Crippen molar-refractivity contribution in [2.45, 2.75) is 13.8 Å². The number of hydrogen-bond acceptors (Lipinski definition) is 6. The third-order valence-corrected chi connectivity index (χ3v) is 5.83. The van der Waals surface area contributed by atoms with Gasteiger partial charge in [0, 0.05) is 11.4 Å². The van der Waals surface area contributed by atoms with Crippen LogP contribution in [0.3, 0.4) is 0 Å². The van der Waals surface area contributed by atoms with Crippen LogP contribution in [0.5, 0.6) is 5.75 Å². The number of carbonyl (C=O) groups excluding carboxylic acids is 3. The topological polar surface area (TPSA) is 118 Å². The molecule has 0 aliphatic heterocycles. The Labute approximate surface area is 229 Å². The number of ether oxygens (including phenoxy) is 2. The Morgan fingerprint density at radius 3 is 2.21 bits per heavy atom. The number of hydrogen-bond donors (Lipinski definition) is 2. The summed E-state index contributed by atoms with van der Waals surface area (Å²) >= 11 is 12.6. The predicted octanol–water partition coefficient (Wildman–Crippen LogP) is 5.96. The Morgan fingerprint density at radius 1 is 0.974 bits per heavy atom. The molecule has 3 aromatic rings. The average molecular weight is 552 g/mol. The van der Waals surface area contributed by atoms with Gasteiger partial charge in [-0.15, -0.1) is 0 Å². The molecule has 2 amide bonds. The van der Waals surface area contributed by atoms with Gasteiger partial charge >= 0.3 is 5.97 Å². The summed E-state index contributed by atoms with van der Waals surface area (Å²) in [5.74, 6) is -1.48. The fourth-order valence-electron chi connectivity index (χ4n) is 3.40. The quantitative estimate of drug-likeness (QED) is 0.202. The predicted molar refractivity (Wildman–Crippen MR) is 147 cm³/mol. The molecule has 0 heterocycles. The lowest BCUT2D eigenvalue weighted by Crippen LogP contribution is -2.20. The number of nitriles is 1. The fraction of sp³-hybridized carbons (Fsp3) is 0.143. The van der Waals surface area contributed by atoms with E-state index in [4.69, 9.17) is 27.9 Å². The summed E-state index contributed by atoms with van der Waals surface area (Å²) in [5.41, 5.74) is 3.52. The maximum atomic E-state index is 12.6. The summed E-state index contributed by atoms with van der Waals surface area (Å²) in [6.45, 7) is 3.52. The van der Waals surface area contributed by atoms with Crippen LogP contribution < -0.4 is 15.4 Å². The first-order valence-corrected chi connectivity index (χ1v) is 12.0. The van der Waals surface area contributed by atoms with Gasteiger partial charge in [0.05, 0.1) is 22.7 Å². The lowest BCUT2D eigenvalue weighted by atomic mass is 10.1. The molecule has 3 rings (SSSR count). The molecule has 0 saturated heterocycles. The normalized spacial score (nSPS) is 10.8. The van der Waals surface area contributed by atoms with Crippen LogP contribution in [0.4, 0.5) is 11.4 Å². The van der Waals surface area contributed by atoms with E-state index in [0.29, 0.717) is 22.5 Å². The zero-order valence-electron chi connectivity index (χ0n) is 20.7. The van der Waals surface area contributed by atoms with Gasteiger partial charge in [0.1, 0.15) is 11.6 Å². The number of nitrogens with one attached hydrogen (secondary N) is 2. The van der Waals surface area contributed by atoms with E-state index in [1.54, 1.807) is 0 Å². The largest absolute Gasteiger partial charge is 0.481 e. The van der Waals surface area contributed by atoms with Crippen molar-refractivity contribution in [3.05, 3.63) is 92.5 Å². The summed E-state index contributed by atoms with van der Waals surface area (Å²) < 4.78 is 10.2. The lowest BCUT2D eigenvalue weighted by Gasteiger charge is -2.12. The van der Waals surface area contributed by atoms with Crippen LogP contribution in [0.15, 0.2) is 60.2 Å². The number of anilines is 2. The van der Waals surface area contributed by atoms with Crippen molar-refractivity contribution in [2.24, 2.45) is 0 Å². The second-order valence-corrected chi connectivity index (χ2v) is 8.98. The molecule has 0 saturated carbocycles. The highest BCUT2D eigenvalue weighted by Crippen LogP contribution is 2.35. The summed E-state index contributed by atoms with van der Waals surface area (Å²) in [7, 11) is 1.27. The van der Waals surface area contributed by atoms with Gasteiger partial charge in [-0.3, -0.25) is 9.59 Å². The Hall–Kier alpha value is -4.32. The first kappa shape index (κ1) is 28.3. The zero-order chi connectivity index (χ0) is 27.8. The van der Waals surface area contributed by atoms with Crippen LogP contribution in [0, 0.1) is 25.2 Å². The van der Waals surface area contributed by atoms with E-state index in [1.807, 2.05) is 38.1 Å². The smallest absolute Gasteiger partial charge is 0.337 e. The number of carbonyl (C=O) groups is 3. The number of esters is 1. The molecule has 0 fully saturated rings. The Bertz CT molecular complexity index is 1440. The van der Waals surface area contributed by atoms with Gasteiger partial charge in [-0.05, 0) is 73.5 Å². The fourth-order valence-corrected chi connectivity index (χ4v) is 4.01. The third kappa shape index (κ3) is 7.35. The van der Waals surface area contributed by atoms with Crippen LogP contribution in [0.2, 0.25) is 10.0 Å². The minimum absolute atomic E-state index is 0.0925. The van der Waals surface area contributed by atoms with Gasteiger partial charge in [-0.1, -0.05) is 40.9 Å². The van der Waals surface area contributed by atoms with E-state index < -0.39 is 17.8 Å². The molecule has 8 nitrogen and oxygen atoms in total. The van der Waals surface area contributed by atoms with Gasteiger partial charge in [0.25, 0.3) is 11.8 Å². The van der Waals surface area contributed by atoms with Crippen LogP contribution in [-0.2, 0) is 14.3 Å². The number of aryl methyl sites for hydroxylation is 2. The van der Waals surface area contributed by atoms with Crippen molar-refractivity contribution in [1.82, 2.24) is 0 Å². The number of halogens is 2. The first-order chi connectivity index (χ1) is 18.1. The number of amides is 2. The van der Waals surface area contributed by atoms with Gasteiger partial charge in [-0.25, -0.2) is 4.79 Å². The van der Waals surface area contributed by atoms with E-state index in [1.165, 1.54) is 49.6 Å². The highest BCUT2D eigenvalue weighted by atomic mass is 35.5. The molecule has 0 aliphatic carbocycles. The molecule has 0 unspecified atom stereocenters. The first-order valence-electron chi connectivity index (χ1n) is 11.2. The van der Waals surface area contributed by atoms with E-state index in [9.17, 15) is 19.6 Å². The zero-order valence-corrected chi connectivity index (χ0v) is 22.2. The van der Waals surface area contributed by atoms with Crippen LogP contribution in [0.25, 0.3) is 6.08 Å². The van der Waals surface area contributed by atoms with Crippen molar-refractivity contribution in [3.63, 3.8) is 0 Å². The maximum Gasteiger partial charge on any atom is 0.337 e. The molecule has 0 atom stereocenters. The van der Waals surface area contributed by atoms with Crippen LogP contribution >= 0.6 is 23.2 Å². The molecule has 2 N–H and O–H groups in total. The molecule has 194 valence electrons. The van der Waals surface area contributed by atoms with Crippen molar-refractivity contribution in [1.29, 1.82) is 5.26 Å². The molecule has 0 spiro atoms. The summed E-state index contributed by atoms with van der Waals surface area (Å²) in [4.78, 5) is 36.5. The van der Waals surface area contributed by atoms with Crippen molar-refractivity contribution in [2.75, 3.05) is 24.4 Å². The van der Waals surface area contributed by atoms with E-state index in [-0.39, 0.29) is 28.0 Å². The minimum atomic E-state index is -0.672. The molecular formula is C28H23Cl2N3O5. The highest BCUT2D eigenvalue weighted by molar-refractivity contribution is 6.37. The Morgan fingerprint density at radius 2 is 1.63 bits per heavy atom. The van der Waals surface area contributed by atoms with E-state index >= 15 is 0 Å². The summed E-state index contributed by atoms with van der Waals surface area (Å²) in [6, 6.07) is 16.4. The molecule has 38 heavy (non-hydrogen) atoms.